The van der Waals surface area contributed by atoms with Crippen molar-refractivity contribution in [1.29, 1.82) is 0 Å². The van der Waals surface area contributed by atoms with Gasteiger partial charge >= 0.3 is 0 Å². The van der Waals surface area contributed by atoms with E-state index in [0.717, 1.165) is 48.2 Å². The number of ether oxygens (including phenoxy) is 1. The van der Waals surface area contributed by atoms with Gasteiger partial charge in [-0.3, -0.25) is 4.79 Å². The van der Waals surface area contributed by atoms with Crippen molar-refractivity contribution in [2.24, 2.45) is 0 Å². The maximum Gasteiger partial charge on any atom is 0.254 e. The standard InChI is InChI=1S/C25H27ClN4O2/c1-17-23(15-19-7-9-22(32-3)10-8-19)24(28-18(2)27-17)29-11-13-30(14-12-29)25(31)20-5-4-6-21(26)16-20/h4-10,16H,11-15H2,1-3H3. The maximum atomic E-state index is 12.9. The van der Waals surface area contributed by atoms with E-state index in [4.69, 9.17) is 21.3 Å². The largest absolute Gasteiger partial charge is 0.497 e. The minimum atomic E-state index is 0.0145. The zero-order chi connectivity index (χ0) is 22.7. The number of rotatable bonds is 5. The van der Waals surface area contributed by atoms with Crippen LogP contribution in [0.1, 0.15) is 33.0 Å². The molecule has 0 N–H and O–H groups in total. The number of aryl methyl sites for hydroxylation is 2. The molecule has 0 spiro atoms. The molecule has 166 valence electrons. The average molecular weight is 451 g/mol. The summed E-state index contributed by atoms with van der Waals surface area (Å²) in [5.41, 5.74) is 3.91. The van der Waals surface area contributed by atoms with Gasteiger partial charge in [-0.1, -0.05) is 29.8 Å². The van der Waals surface area contributed by atoms with Crippen LogP contribution in [-0.2, 0) is 6.42 Å². The van der Waals surface area contributed by atoms with Crippen LogP contribution < -0.4 is 9.64 Å². The number of nitrogens with zero attached hydrogens (tertiary/aromatic N) is 4. The van der Waals surface area contributed by atoms with E-state index in [1.54, 1.807) is 19.2 Å². The molecule has 7 heteroatoms. The molecule has 1 saturated heterocycles. The minimum absolute atomic E-state index is 0.0145. The molecular formula is C25H27ClN4O2. The summed E-state index contributed by atoms with van der Waals surface area (Å²) < 4.78 is 5.27. The molecule has 0 unspecified atom stereocenters. The Kier molecular flexibility index (Phi) is 6.61. The van der Waals surface area contributed by atoms with Gasteiger partial charge in [0.25, 0.3) is 5.91 Å². The first kappa shape index (κ1) is 22.1. The third kappa shape index (κ3) is 4.86. The Hall–Kier alpha value is -3.12. The van der Waals surface area contributed by atoms with E-state index in [1.165, 1.54) is 5.56 Å². The lowest BCUT2D eigenvalue weighted by Gasteiger charge is -2.36. The highest BCUT2D eigenvalue weighted by Crippen LogP contribution is 2.26. The summed E-state index contributed by atoms with van der Waals surface area (Å²) in [6.07, 6.45) is 0.743. The number of methoxy groups -OCH3 is 1. The van der Waals surface area contributed by atoms with Gasteiger partial charge < -0.3 is 14.5 Å². The molecule has 32 heavy (non-hydrogen) atoms. The van der Waals surface area contributed by atoms with Crippen LogP contribution in [0.4, 0.5) is 5.82 Å². The second kappa shape index (κ2) is 9.57. The molecule has 3 aromatic rings. The van der Waals surface area contributed by atoms with Crippen LogP contribution >= 0.6 is 11.6 Å². The first-order chi connectivity index (χ1) is 15.4. The van der Waals surface area contributed by atoms with Gasteiger partial charge in [-0.05, 0) is 49.7 Å². The quantitative estimate of drug-likeness (QED) is 0.579. The number of carbonyl (C=O) groups excluding carboxylic acids is 1. The lowest BCUT2D eigenvalue weighted by Crippen LogP contribution is -2.49. The van der Waals surface area contributed by atoms with Crippen LogP contribution in [0.5, 0.6) is 5.75 Å². The Morgan fingerprint density at radius 2 is 1.75 bits per heavy atom. The van der Waals surface area contributed by atoms with Crippen LogP contribution in [0.25, 0.3) is 0 Å². The van der Waals surface area contributed by atoms with Crippen molar-refractivity contribution in [3.63, 3.8) is 0 Å². The smallest absolute Gasteiger partial charge is 0.254 e. The van der Waals surface area contributed by atoms with Crippen molar-refractivity contribution in [3.05, 3.63) is 81.8 Å². The number of amides is 1. The number of piperazine rings is 1. The lowest BCUT2D eigenvalue weighted by atomic mass is 10.0. The molecule has 2 heterocycles. The van der Waals surface area contributed by atoms with Gasteiger partial charge in [0.05, 0.1) is 7.11 Å². The maximum absolute atomic E-state index is 12.9. The predicted octanol–water partition coefficient (Wildman–Crippen LogP) is 4.31. The Bertz CT molecular complexity index is 1110. The Balaban J connectivity index is 1.52. The van der Waals surface area contributed by atoms with Gasteiger partial charge in [-0.2, -0.15) is 0 Å². The molecule has 1 amide bonds. The summed E-state index contributed by atoms with van der Waals surface area (Å²) in [5.74, 6) is 2.57. The normalized spacial score (nSPS) is 13.9. The predicted molar refractivity (Wildman–Crippen MR) is 127 cm³/mol. The summed E-state index contributed by atoms with van der Waals surface area (Å²) in [5, 5.41) is 0.574. The van der Waals surface area contributed by atoms with Crippen molar-refractivity contribution < 1.29 is 9.53 Å². The fraction of sp³-hybridized carbons (Fsp3) is 0.320. The van der Waals surface area contributed by atoms with Gasteiger partial charge in [-0.15, -0.1) is 0 Å². The molecule has 0 aliphatic carbocycles. The van der Waals surface area contributed by atoms with Crippen molar-refractivity contribution in [2.45, 2.75) is 20.3 Å². The molecule has 1 aliphatic heterocycles. The van der Waals surface area contributed by atoms with Crippen molar-refractivity contribution in [1.82, 2.24) is 14.9 Å². The molecule has 1 aromatic heterocycles. The molecule has 0 bridgehead atoms. The van der Waals surface area contributed by atoms with E-state index in [-0.39, 0.29) is 5.91 Å². The Morgan fingerprint density at radius 1 is 1.03 bits per heavy atom. The van der Waals surface area contributed by atoms with E-state index in [0.29, 0.717) is 23.7 Å². The molecule has 6 nitrogen and oxygen atoms in total. The first-order valence-corrected chi connectivity index (χ1v) is 11.1. The Morgan fingerprint density at radius 3 is 2.41 bits per heavy atom. The van der Waals surface area contributed by atoms with Gasteiger partial charge in [0.2, 0.25) is 0 Å². The summed E-state index contributed by atoms with van der Waals surface area (Å²) >= 11 is 6.06. The SMILES string of the molecule is COc1ccc(Cc2c(C)nc(C)nc2N2CCN(C(=O)c3cccc(Cl)c3)CC2)cc1. The molecule has 0 saturated carbocycles. The monoisotopic (exact) mass is 450 g/mol. The van der Waals surface area contributed by atoms with Crippen LogP contribution in [-0.4, -0.2) is 54.1 Å². The molecule has 1 fully saturated rings. The number of halogens is 1. The zero-order valence-corrected chi connectivity index (χ0v) is 19.4. The van der Waals surface area contributed by atoms with Crippen molar-refractivity contribution in [3.8, 4) is 5.75 Å². The topological polar surface area (TPSA) is 58.6 Å². The third-order valence-corrected chi connectivity index (χ3v) is 6.02. The fourth-order valence-corrected chi connectivity index (χ4v) is 4.25. The number of hydrogen-bond donors (Lipinski definition) is 0. The van der Waals surface area contributed by atoms with Crippen LogP contribution in [0, 0.1) is 13.8 Å². The van der Waals surface area contributed by atoms with Crippen LogP contribution in [0.3, 0.4) is 0 Å². The number of aromatic nitrogens is 2. The molecule has 1 aliphatic rings. The van der Waals surface area contributed by atoms with Gasteiger partial charge in [-0.25, -0.2) is 9.97 Å². The Labute approximate surface area is 193 Å². The highest BCUT2D eigenvalue weighted by molar-refractivity contribution is 6.30. The summed E-state index contributed by atoms with van der Waals surface area (Å²) in [6.45, 7) is 6.67. The number of hydrogen-bond acceptors (Lipinski definition) is 5. The van der Waals surface area contributed by atoms with E-state index in [2.05, 4.69) is 22.0 Å². The lowest BCUT2D eigenvalue weighted by molar-refractivity contribution is 0.0746. The summed E-state index contributed by atoms with van der Waals surface area (Å²) in [7, 11) is 1.67. The van der Waals surface area contributed by atoms with Gasteiger partial charge in [0, 0.05) is 54.4 Å². The van der Waals surface area contributed by atoms with E-state index in [9.17, 15) is 4.79 Å². The van der Waals surface area contributed by atoms with Crippen LogP contribution in [0.2, 0.25) is 5.02 Å². The first-order valence-electron chi connectivity index (χ1n) is 10.7. The number of anilines is 1. The summed E-state index contributed by atoms with van der Waals surface area (Å²) in [6, 6.07) is 15.2. The molecule has 0 radical (unpaired) electrons. The summed E-state index contributed by atoms with van der Waals surface area (Å²) in [4.78, 5) is 26.4. The molecule has 4 rings (SSSR count). The highest BCUT2D eigenvalue weighted by atomic mass is 35.5. The molecular weight excluding hydrogens is 424 g/mol. The zero-order valence-electron chi connectivity index (χ0n) is 18.6. The van der Waals surface area contributed by atoms with E-state index >= 15 is 0 Å². The van der Waals surface area contributed by atoms with Crippen LogP contribution in [0.15, 0.2) is 48.5 Å². The van der Waals surface area contributed by atoms with E-state index < -0.39 is 0 Å². The highest BCUT2D eigenvalue weighted by Gasteiger charge is 2.25. The molecule has 2 aromatic carbocycles. The minimum Gasteiger partial charge on any atom is -0.497 e. The fourth-order valence-electron chi connectivity index (χ4n) is 4.06. The second-order valence-corrected chi connectivity index (χ2v) is 8.41. The van der Waals surface area contributed by atoms with Crippen molar-refractivity contribution >= 4 is 23.3 Å². The number of carbonyl (C=O) groups is 1. The van der Waals surface area contributed by atoms with Crippen molar-refractivity contribution in [2.75, 3.05) is 38.2 Å². The van der Waals surface area contributed by atoms with Gasteiger partial charge in [0.15, 0.2) is 0 Å². The average Bonchev–Trinajstić information content (AvgIpc) is 2.81. The number of benzene rings is 2. The van der Waals surface area contributed by atoms with E-state index in [1.807, 2.05) is 43.0 Å². The molecule has 0 atom stereocenters. The second-order valence-electron chi connectivity index (χ2n) is 7.97. The third-order valence-electron chi connectivity index (χ3n) is 5.78. The van der Waals surface area contributed by atoms with Gasteiger partial charge in [0.1, 0.15) is 17.4 Å².